The standard InChI is InChI=1S/C32H42O9/c1-8-16(2)27(35)40-25-18-14-31(6,23(29(25,3)4)22(34)28(36)37-7)19-9-11-30(5)20(32(19)26(18)41-32)13-21(33)39-24(30)17-10-12-38-15-17/h8,10,12,15,18-20,22-26,34H,9,11,13-14H2,1-7H3. The Kier molecular flexibility index (Phi) is 6.37. The molecule has 11 atom stereocenters. The summed E-state index contributed by atoms with van der Waals surface area (Å²) >= 11 is 0. The van der Waals surface area contributed by atoms with Gasteiger partial charge in [-0.15, -0.1) is 0 Å². The zero-order chi connectivity index (χ0) is 29.7. The molecule has 2 aliphatic heterocycles. The lowest BCUT2D eigenvalue weighted by molar-refractivity contribution is -0.241. The van der Waals surface area contributed by atoms with Gasteiger partial charge in [0.25, 0.3) is 0 Å². The topological polar surface area (TPSA) is 125 Å². The number of epoxide rings is 1. The molecule has 2 bridgehead atoms. The summed E-state index contributed by atoms with van der Waals surface area (Å²) in [6.45, 7) is 11.8. The van der Waals surface area contributed by atoms with Crippen LogP contribution in [0.5, 0.6) is 0 Å². The fourth-order valence-electron chi connectivity index (χ4n) is 10.2. The van der Waals surface area contributed by atoms with E-state index in [2.05, 4.69) is 13.8 Å². The summed E-state index contributed by atoms with van der Waals surface area (Å²) in [5.74, 6) is -2.34. The van der Waals surface area contributed by atoms with E-state index in [1.807, 2.05) is 19.9 Å². The first-order valence-electron chi connectivity index (χ1n) is 14.8. The summed E-state index contributed by atoms with van der Waals surface area (Å²) in [6.07, 6.45) is 4.62. The minimum atomic E-state index is -1.42. The Morgan fingerprint density at radius 1 is 1.17 bits per heavy atom. The van der Waals surface area contributed by atoms with E-state index in [1.165, 1.54) is 7.11 Å². The maximum absolute atomic E-state index is 13.2. The molecule has 9 heteroatoms. The molecule has 0 aromatic carbocycles. The number of aliphatic hydroxyl groups is 1. The van der Waals surface area contributed by atoms with Crippen molar-refractivity contribution >= 4 is 17.9 Å². The Bertz CT molecular complexity index is 1280. The number of ether oxygens (including phenoxy) is 4. The van der Waals surface area contributed by atoms with Gasteiger partial charge in [-0.25, -0.2) is 9.59 Å². The van der Waals surface area contributed by atoms with Crippen LogP contribution in [0.15, 0.2) is 34.7 Å². The minimum Gasteiger partial charge on any atom is -0.472 e. The summed E-state index contributed by atoms with van der Waals surface area (Å²) in [5, 5.41) is 11.6. The number of furan rings is 1. The van der Waals surface area contributed by atoms with Crippen molar-refractivity contribution < 1.29 is 42.9 Å². The maximum Gasteiger partial charge on any atom is 0.335 e. The first-order valence-corrected chi connectivity index (χ1v) is 14.8. The molecule has 6 rings (SSSR count). The van der Waals surface area contributed by atoms with Gasteiger partial charge in [0.15, 0.2) is 6.10 Å². The normalized spacial score (nSPS) is 44.8. The second-order valence-corrected chi connectivity index (χ2v) is 14.1. The average Bonchev–Trinajstić information content (AvgIpc) is 3.40. The van der Waals surface area contributed by atoms with E-state index in [9.17, 15) is 19.5 Å². The second-order valence-electron chi connectivity index (χ2n) is 14.1. The monoisotopic (exact) mass is 570 g/mol. The smallest absolute Gasteiger partial charge is 0.335 e. The van der Waals surface area contributed by atoms with E-state index < -0.39 is 58.0 Å². The Morgan fingerprint density at radius 2 is 1.90 bits per heavy atom. The molecule has 1 aromatic heterocycles. The molecule has 3 saturated carbocycles. The summed E-state index contributed by atoms with van der Waals surface area (Å²) in [4.78, 5) is 39.3. The summed E-state index contributed by atoms with van der Waals surface area (Å²) < 4.78 is 29.5. The number of carbonyl (C=O) groups excluding carboxylic acids is 3. The number of allylic oxidation sites excluding steroid dienone is 1. The molecule has 3 heterocycles. The first kappa shape index (κ1) is 28.5. The average molecular weight is 571 g/mol. The van der Waals surface area contributed by atoms with Crippen LogP contribution in [0.1, 0.15) is 78.9 Å². The van der Waals surface area contributed by atoms with Crippen molar-refractivity contribution in [3.8, 4) is 0 Å². The first-order chi connectivity index (χ1) is 19.3. The SMILES string of the molecule is CC=C(C)C(=O)OC1C2CC(C)(C(C(O)C(=O)OC)C1(C)C)C1CCC3(C)C(c4ccoc4)OC(=O)CC3C13OC23. The van der Waals surface area contributed by atoms with Gasteiger partial charge in [0.1, 0.15) is 17.8 Å². The molecule has 41 heavy (non-hydrogen) atoms. The quantitative estimate of drug-likeness (QED) is 0.235. The largest absolute Gasteiger partial charge is 0.472 e. The van der Waals surface area contributed by atoms with E-state index in [4.69, 9.17) is 23.4 Å². The molecule has 1 spiro atoms. The molecule has 0 amide bonds. The zero-order valence-electron chi connectivity index (χ0n) is 25.0. The fourth-order valence-corrected chi connectivity index (χ4v) is 10.2. The minimum absolute atomic E-state index is 0.0252. The van der Waals surface area contributed by atoms with Gasteiger partial charge < -0.3 is 28.5 Å². The summed E-state index contributed by atoms with van der Waals surface area (Å²) in [7, 11) is 1.28. The van der Waals surface area contributed by atoms with E-state index in [1.54, 1.807) is 32.4 Å². The Labute approximate surface area is 240 Å². The third kappa shape index (κ3) is 3.70. The van der Waals surface area contributed by atoms with Crippen LogP contribution in [0, 0.1) is 39.9 Å². The van der Waals surface area contributed by atoms with E-state index >= 15 is 0 Å². The molecule has 11 unspecified atom stereocenters. The predicted molar refractivity (Wildman–Crippen MR) is 145 cm³/mol. The van der Waals surface area contributed by atoms with Crippen LogP contribution < -0.4 is 0 Å². The van der Waals surface area contributed by atoms with Crippen LogP contribution in [0.4, 0.5) is 0 Å². The number of hydrogen-bond acceptors (Lipinski definition) is 9. The van der Waals surface area contributed by atoms with Crippen molar-refractivity contribution in [3.63, 3.8) is 0 Å². The molecule has 3 aliphatic carbocycles. The molecule has 5 aliphatic rings. The van der Waals surface area contributed by atoms with Gasteiger partial charge in [-0.1, -0.05) is 33.8 Å². The Balaban J connectivity index is 1.48. The molecule has 2 saturated heterocycles. The molecule has 224 valence electrons. The van der Waals surface area contributed by atoms with Crippen molar-refractivity contribution in [1.82, 2.24) is 0 Å². The van der Waals surface area contributed by atoms with Gasteiger partial charge in [0, 0.05) is 39.7 Å². The number of methoxy groups -OCH3 is 1. The number of fused-ring (bicyclic) bond motifs is 5. The molecular weight excluding hydrogens is 528 g/mol. The Morgan fingerprint density at radius 3 is 2.54 bits per heavy atom. The highest BCUT2D eigenvalue weighted by atomic mass is 16.6. The molecule has 1 N–H and O–H groups in total. The highest BCUT2D eigenvalue weighted by molar-refractivity contribution is 5.87. The number of aliphatic hydroxyl groups excluding tert-OH is 1. The number of rotatable bonds is 5. The van der Waals surface area contributed by atoms with Gasteiger partial charge in [-0.05, 0) is 50.5 Å². The highest BCUT2D eigenvalue weighted by Crippen LogP contribution is 2.78. The van der Waals surface area contributed by atoms with Crippen LogP contribution in [-0.2, 0) is 33.3 Å². The lowest BCUT2D eigenvalue weighted by atomic mass is 9.37. The number of carbonyl (C=O) groups is 3. The molecular formula is C32H42O9. The van der Waals surface area contributed by atoms with Crippen molar-refractivity contribution in [2.24, 2.45) is 39.9 Å². The van der Waals surface area contributed by atoms with Gasteiger partial charge in [0.05, 0.1) is 32.2 Å². The van der Waals surface area contributed by atoms with Crippen LogP contribution in [0.2, 0.25) is 0 Å². The highest BCUT2D eigenvalue weighted by Gasteiger charge is 2.84. The van der Waals surface area contributed by atoms with Gasteiger partial charge in [0.2, 0.25) is 0 Å². The van der Waals surface area contributed by atoms with Crippen molar-refractivity contribution in [2.45, 2.75) is 97.2 Å². The van der Waals surface area contributed by atoms with Crippen LogP contribution in [-0.4, -0.2) is 54.0 Å². The maximum atomic E-state index is 13.2. The third-order valence-electron chi connectivity index (χ3n) is 11.9. The number of hydrogen-bond donors (Lipinski definition) is 1. The summed E-state index contributed by atoms with van der Waals surface area (Å²) in [6, 6.07) is 1.85. The van der Waals surface area contributed by atoms with Gasteiger partial charge in [-0.3, -0.25) is 4.79 Å². The fraction of sp³-hybridized carbons (Fsp3) is 0.719. The molecule has 5 fully saturated rings. The molecule has 0 radical (unpaired) electrons. The summed E-state index contributed by atoms with van der Waals surface area (Å²) in [5.41, 5.74) is -1.10. The molecule has 1 aromatic rings. The predicted octanol–water partition coefficient (Wildman–Crippen LogP) is 4.53. The van der Waals surface area contributed by atoms with Crippen LogP contribution in [0.25, 0.3) is 0 Å². The van der Waals surface area contributed by atoms with Crippen LogP contribution in [0.3, 0.4) is 0 Å². The number of esters is 3. The lowest BCUT2D eigenvalue weighted by Gasteiger charge is -2.66. The van der Waals surface area contributed by atoms with E-state index in [-0.39, 0.29) is 36.2 Å². The lowest BCUT2D eigenvalue weighted by Crippen LogP contribution is -2.70. The molecule has 9 nitrogen and oxygen atoms in total. The number of cyclic esters (lactones) is 1. The third-order valence-corrected chi connectivity index (χ3v) is 11.9. The van der Waals surface area contributed by atoms with Crippen LogP contribution >= 0.6 is 0 Å². The van der Waals surface area contributed by atoms with E-state index in [0.29, 0.717) is 12.0 Å². The van der Waals surface area contributed by atoms with E-state index in [0.717, 1.165) is 18.4 Å². The zero-order valence-corrected chi connectivity index (χ0v) is 25.0. The van der Waals surface area contributed by atoms with Crippen molar-refractivity contribution in [3.05, 3.63) is 35.8 Å². The van der Waals surface area contributed by atoms with Crippen molar-refractivity contribution in [2.75, 3.05) is 7.11 Å². The second kappa shape index (κ2) is 9.17. The van der Waals surface area contributed by atoms with Gasteiger partial charge >= 0.3 is 17.9 Å². The Hall–Kier alpha value is -2.65. The van der Waals surface area contributed by atoms with Crippen molar-refractivity contribution in [1.29, 1.82) is 0 Å². The van der Waals surface area contributed by atoms with Gasteiger partial charge in [-0.2, -0.15) is 0 Å².